The van der Waals surface area contributed by atoms with Crippen molar-refractivity contribution in [1.82, 2.24) is 19.9 Å². The van der Waals surface area contributed by atoms with Crippen LogP contribution in [0.3, 0.4) is 0 Å². The standard InChI is InChI=1S/C25H20N4O4S/c30-25(23-12-11-19(33-23)16-34(31,32)20-6-2-1-3-7-20)27-15-18-10-13-24(26-14-18)29-17-28-21-8-4-5-9-22(21)29/h1-14,17H,15-16H2,(H,27,30). The van der Waals surface area contributed by atoms with E-state index < -0.39 is 15.7 Å². The van der Waals surface area contributed by atoms with Crippen molar-refractivity contribution in [2.75, 3.05) is 0 Å². The lowest BCUT2D eigenvalue weighted by Gasteiger charge is -2.06. The number of aromatic nitrogens is 3. The van der Waals surface area contributed by atoms with Crippen LogP contribution in [-0.4, -0.2) is 28.9 Å². The number of sulfone groups is 1. The molecule has 1 N–H and O–H groups in total. The van der Waals surface area contributed by atoms with Gasteiger partial charge in [-0.1, -0.05) is 36.4 Å². The van der Waals surface area contributed by atoms with E-state index in [4.69, 9.17) is 4.42 Å². The Bertz CT molecular complexity index is 1560. The number of amides is 1. The topological polar surface area (TPSA) is 107 Å². The van der Waals surface area contributed by atoms with Gasteiger partial charge >= 0.3 is 0 Å². The lowest BCUT2D eigenvalue weighted by Crippen LogP contribution is -2.22. The highest BCUT2D eigenvalue weighted by Crippen LogP contribution is 2.19. The fourth-order valence-electron chi connectivity index (χ4n) is 3.55. The van der Waals surface area contributed by atoms with Gasteiger partial charge < -0.3 is 9.73 Å². The first-order valence-electron chi connectivity index (χ1n) is 10.5. The van der Waals surface area contributed by atoms with Crippen LogP contribution in [0.5, 0.6) is 0 Å². The Morgan fingerprint density at radius 2 is 1.71 bits per heavy atom. The molecule has 0 fully saturated rings. The zero-order chi connectivity index (χ0) is 23.5. The summed E-state index contributed by atoms with van der Waals surface area (Å²) in [6.45, 7) is 0.245. The zero-order valence-corrected chi connectivity index (χ0v) is 18.8. The predicted molar refractivity (Wildman–Crippen MR) is 126 cm³/mol. The predicted octanol–water partition coefficient (Wildman–Crippen LogP) is 3.92. The van der Waals surface area contributed by atoms with E-state index in [9.17, 15) is 13.2 Å². The van der Waals surface area contributed by atoms with Gasteiger partial charge in [-0.15, -0.1) is 0 Å². The van der Waals surface area contributed by atoms with Crippen LogP contribution >= 0.6 is 0 Å². The SMILES string of the molecule is O=C(NCc1ccc(-n2cnc3ccccc32)nc1)c1ccc(CS(=O)(=O)c2ccccc2)o1. The summed E-state index contributed by atoms with van der Waals surface area (Å²) in [6, 6.07) is 22.6. The molecule has 8 nitrogen and oxygen atoms in total. The number of pyridine rings is 1. The molecule has 3 heterocycles. The first-order valence-corrected chi connectivity index (χ1v) is 12.2. The molecule has 0 saturated heterocycles. The van der Waals surface area contributed by atoms with Crippen LogP contribution in [0.15, 0.2) is 101 Å². The molecule has 0 spiro atoms. The first kappa shape index (κ1) is 21.6. The van der Waals surface area contributed by atoms with Crippen LogP contribution in [0.1, 0.15) is 21.9 Å². The Kier molecular flexibility index (Phi) is 5.69. The number of nitrogens with zero attached hydrogens (tertiary/aromatic N) is 3. The zero-order valence-electron chi connectivity index (χ0n) is 18.0. The second-order valence-corrected chi connectivity index (χ2v) is 9.64. The number of hydrogen-bond donors (Lipinski definition) is 1. The highest BCUT2D eigenvalue weighted by atomic mass is 32.2. The van der Waals surface area contributed by atoms with Crippen molar-refractivity contribution in [3.8, 4) is 5.82 Å². The van der Waals surface area contributed by atoms with Gasteiger partial charge in [-0.05, 0) is 48.0 Å². The fraction of sp³-hybridized carbons (Fsp3) is 0.0800. The number of furan rings is 1. The van der Waals surface area contributed by atoms with Gasteiger partial charge in [0.05, 0.1) is 15.9 Å². The van der Waals surface area contributed by atoms with Crippen LogP contribution in [0.4, 0.5) is 0 Å². The summed E-state index contributed by atoms with van der Waals surface area (Å²) >= 11 is 0. The van der Waals surface area contributed by atoms with E-state index in [-0.39, 0.29) is 28.7 Å². The summed E-state index contributed by atoms with van der Waals surface area (Å²) in [5.74, 6) is 0.214. The van der Waals surface area contributed by atoms with Crippen molar-refractivity contribution < 1.29 is 17.6 Å². The second-order valence-electron chi connectivity index (χ2n) is 7.65. The average Bonchev–Trinajstić information content (AvgIpc) is 3.50. The summed E-state index contributed by atoms with van der Waals surface area (Å²) < 4.78 is 32.4. The van der Waals surface area contributed by atoms with Gasteiger partial charge in [-0.25, -0.2) is 18.4 Å². The summed E-state index contributed by atoms with van der Waals surface area (Å²) in [7, 11) is -3.56. The van der Waals surface area contributed by atoms with Gasteiger partial charge in [0.25, 0.3) is 5.91 Å². The molecule has 2 aromatic carbocycles. The lowest BCUT2D eigenvalue weighted by atomic mass is 10.2. The number of carbonyl (C=O) groups excluding carboxylic acids is 1. The Balaban J connectivity index is 1.22. The molecule has 9 heteroatoms. The molecule has 34 heavy (non-hydrogen) atoms. The van der Waals surface area contributed by atoms with E-state index in [1.165, 1.54) is 24.3 Å². The van der Waals surface area contributed by atoms with Crippen molar-refractivity contribution in [2.45, 2.75) is 17.2 Å². The minimum absolute atomic E-state index is 0.0488. The summed E-state index contributed by atoms with van der Waals surface area (Å²) in [6.07, 6.45) is 3.41. The van der Waals surface area contributed by atoms with Crippen molar-refractivity contribution in [3.63, 3.8) is 0 Å². The molecule has 0 bridgehead atoms. The highest BCUT2D eigenvalue weighted by Gasteiger charge is 2.19. The quantitative estimate of drug-likeness (QED) is 0.385. The molecule has 0 unspecified atom stereocenters. The van der Waals surface area contributed by atoms with E-state index in [2.05, 4.69) is 15.3 Å². The maximum atomic E-state index is 12.5. The minimum Gasteiger partial charge on any atom is -0.455 e. The lowest BCUT2D eigenvalue weighted by molar-refractivity contribution is 0.0921. The maximum absolute atomic E-state index is 12.5. The summed E-state index contributed by atoms with van der Waals surface area (Å²) in [4.78, 5) is 21.5. The van der Waals surface area contributed by atoms with Gasteiger partial charge in [0.15, 0.2) is 15.6 Å². The molecule has 0 aliphatic carbocycles. The van der Waals surface area contributed by atoms with E-state index >= 15 is 0 Å². The molecule has 5 rings (SSSR count). The number of nitrogens with one attached hydrogen (secondary N) is 1. The smallest absolute Gasteiger partial charge is 0.287 e. The van der Waals surface area contributed by atoms with Gasteiger partial charge in [-0.2, -0.15) is 0 Å². The van der Waals surface area contributed by atoms with Crippen molar-refractivity contribution in [2.24, 2.45) is 0 Å². The Labute approximate surface area is 195 Å². The second kappa shape index (κ2) is 8.95. The molecule has 3 aromatic heterocycles. The molecule has 1 amide bonds. The first-order chi connectivity index (χ1) is 16.5. The average molecular weight is 473 g/mol. The van der Waals surface area contributed by atoms with Crippen LogP contribution in [0.2, 0.25) is 0 Å². The third kappa shape index (κ3) is 4.46. The van der Waals surface area contributed by atoms with Gasteiger partial charge in [0.2, 0.25) is 0 Å². The fourth-order valence-corrected chi connectivity index (χ4v) is 4.82. The molecule has 170 valence electrons. The Morgan fingerprint density at radius 3 is 2.50 bits per heavy atom. The Hall–Kier alpha value is -4.24. The summed E-state index contributed by atoms with van der Waals surface area (Å²) in [5, 5.41) is 2.77. The largest absolute Gasteiger partial charge is 0.455 e. The monoisotopic (exact) mass is 472 g/mol. The van der Waals surface area contributed by atoms with E-state index in [1.807, 2.05) is 41.0 Å². The van der Waals surface area contributed by atoms with Crippen LogP contribution < -0.4 is 5.32 Å². The van der Waals surface area contributed by atoms with Gasteiger partial charge in [0.1, 0.15) is 23.7 Å². The van der Waals surface area contributed by atoms with Gasteiger partial charge in [0, 0.05) is 12.7 Å². The molecule has 5 aromatic rings. The molecule has 0 atom stereocenters. The number of fused-ring (bicyclic) bond motifs is 1. The number of hydrogen-bond acceptors (Lipinski definition) is 6. The summed E-state index contributed by atoms with van der Waals surface area (Å²) in [5.41, 5.74) is 2.65. The van der Waals surface area contributed by atoms with Crippen LogP contribution in [0.25, 0.3) is 16.9 Å². The maximum Gasteiger partial charge on any atom is 0.287 e. The number of para-hydroxylation sites is 2. The van der Waals surface area contributed by atoms with Crippen molar-refractivity contribution in [1.29, 1.82) is 0 Å². The third-order valence-corrected chi connectivity index (χ3v) is 6.94. The number of imidazole rings is 1. The van der Waals surface area contributed by atoms with Crippen molar-refractivity contribution >= 4 is 26.8 Å². The Morgan fingerprint density at radius 1 is 0.912 bits per heavy atom. The van der Waals surface area contributed by atoms with E-state index in [0.29, 0.717) is 0 Å². The highest BCUT2D eigenvalue weighted by molar-refractivity contribution is 7.90. The van der Waals surface area contributed by atoms with Crippen molar-refractivity contribution in [3.05, 3.63) is 108 Å². The minimum atomic E-state index is -3.56. The molecule has 0 radical (unpaired) electrons. The molecule has 0 aliphatic rings. The molecule has 0 saturated carbocycles. The van der Waals surface area contributed by atoms with Gasteiger partial charge in [-0.3, -0.25) is 9.36 Å². The van der Waals surface area contributed by atoms with Crippen LogP contribution in [-0.2, 0) is 22.1 Å². The van der Waals surface area contributed by atoms with E-state index in [0.717, 1.165) is 22.4 Å². The normalized spacial score (nSPS) is 11.5. The van der Waals surface area contributed by atoms with Crippen LogP contribution in [0, 0.1) is 0 Å². The number of benzene rings is 2. The molecular formula is C25H20N4O4S. The van der Waals surface area contributed by atoms with E-state index in [1.54, 1.807) is 30.7 Å². The molecular weight excluding hydrogens is 452 g/mol. The number of carbonyl (C=O) groups is 1. The number of rotatable bonds is 7. The third-order valence-electron chi connectivity index (χ3n) is 5.28. The molecule has 0 aliphatic heterocycles.